The second kappa shape index (κ2) is 6.57. The number of amides is 1. The summed E-state index contributed by atoms with van der Waals surface area (Å²) in [6.45, 7) is 6.27. The van der Waals surface area contributed by atoms with Gasteiger partial charge in [-0.2, -0.15) is 0 Å². The molecule has 0 bridgehead atoms. The highest BCUT2D eigenvalue weighted by Crippen LogP contribution is 2.35. The third kappa shape index (κ3) is 4.78. The number of carbonyl (C=O) groups excluding carboxylic acids is 1. The Hall–Kier alpha value is -1.10. The molecule has 5 nitrogen and oxygen atoms in total. The first-order valence-corrected chi connectivity index (χ1v) is 7.40. The van der Waals surface area contributed by atoms with E-state index in [0.29, 0.717) is 0 Å². The van der Waals surface area contributed by atoms with Crippen molar-refractivity contribution in [2.45, 2.75) is 70.4 Å². The summed E-state index contributed by atoms with van der Waals surface area (Å²) in [5.74, 6) is -0.849. The van der Waals surface area contributed by atoms with Gasteiger partial charge >= 0.3 is 5.97 Å². The molecular formula is C15H28N2O3. The van der Waals surface area contributed by atoms with E-state index in [9.17, 15) is 9.59 Å². The normalized spacial score (nSPS) is 18.6. The van der Waals surface area contributed by atoms with E-state index in [1.165, 1.54) is 0 Å². The van der Waals surface area contributed by atoms with Crippen LogP contribution < -0.4 is 5.32 Å². The maximum absolute atomic E-state index is 12.3. The van der Waals surface area contributed by atoms with Crippen molar-refractivity contribution in [3.63, 3.8) is 0 Å². The van der Waals surface area contributed by atoms with Crippen LogP contribution in [0.4, 0.5) is 0 Å². The van der Waals surface area contributed by atoms with Gasteiger partial charge < -0.3 is 15.3 Å². The Labute approximate surface area is 121 Å². The van der Waals surface area contributed by atoms with E-state index in [1.807, 2.05) is 20.8 Å². The molecule has 0 aromatic heterocycles. The highest BCUT2D eigenvalue weighted by molar-refractivity contribution is 5.80. The number of hydrogen-bond acceptors (Lipinski definition) is 3. The second-order valence-corrected chi connectivity index (χ2v) is 6.91. The van der Waals surface area contributed by atoms with Crippen LogP contribution in [0.5, 0.6) is 0 Å². The summed E-state index contributed by atoms with van der Waals surface area (Å²) in [4.78, 5) is 25.2. The van der Waals surface area contributed by atoms with Gasteiger partial charge in [0.1, 0.15) is 0 Å². The Morgan fingerprint density at radius 2 is 1.75 bits per heavy atom. The largest absolute Gasteiger partial charge is 0.481 e. The number of carboxylic acids is 1. The van der Waals surface area contributed by atoms with E-state index in [2.05, 4.69) is 5.32 Å². The zero-order chi connectivity index (χ0) is 15.4. The third-order valence-corrected chi connectivity index (χ3v) is 4.12. The Kier molecular flexibility index (Phi) is 5.57. The van der Waals surface area contributed by atoms with E-state index in [-0.39, 0.29) is 24.4 Å². The summed E-state index contributed by atoms with van der Waals surface area (Å²) < 4.78 is 0. The molecule has 0 unspecified atom stereocenters. The second-order valence-electron chi connectivity index (χ2n) is 6.91. The molecule has 0 aliphatic heterocycles. The molecule has 0 saturated heterocycles. The van der Waals surface area contributed by atoms with Crippen LogP contribution in [0.1, 0.15) is 59.3 Å². The standard InChI is InChI=1S/C15H28N2O3/c1-14(2,3)16-11-12(18)17(4)15(10-13(19)20)8-6-5-7-9-15/h16H,5-11H2,1-4H3,(H,19,20). The average molecular weight is 284 g/mol. The van der Waals surface area contributed by atoms with Gasteiger partial charge in [0, 0.05) is 12.6 Å². The lowest BCUT2D eigenvalue weighted by Gasteiger charge is -2.44. The first-order chi connectivity index (χ1) is 9.16. The van der Waals surface area contributed by atoms with Crippen molar-refractivity contribution in [2.75, 3.05) is 13.6 Å². The third-order valence-electron chi connectivity index (χ3n) is 4.12. The van der Waals surface area contributed by atoms with Crippen LogP contribution in [0.3, 0.4) is 0 Å². The quantitative estimate of drug-likeness (QED) is 0.810. The molecule has 0 radical (unpaired) electrons. The average Bonchev–Trinajstić information content (AvgIpc) is 2.34. The van der Waals surface area contributed by atoms with E-state index >= 15 is 0 Å². The van der Waals surface area contributed by atoms with Gasteiger partial charge in [0.25, 0.3) is 0 Å². The molecule has 1 aliphatic rings. The number of hydrogen-bond donors (Lipinski definition) is 2. The van der Waals surface area contributed by atoms with Crippen LogP contribution in [-0.2, 0) is 9.59 Å². The Bertz CT molecular complexity index is 355. The molecule has 116 valence electrons. The molecular weight excluding hydrogens is 256 g/mol. The van der Waals surface area contributed by atoms with Crippen molar-refractivity contribution in [3.05, 3.63) is 0 Å². The van der Waals surface area contributed by atoms with E-state index in [0.717, 1.165) is 32.1 Å². The summed E-state index contributed by atoms with van der Waals surface area (Å²) in [6, 6.07) is 0. The molecule has 1 amide bonds. The van der Waals surface area contributed by atoms with Gasteiger partial charge in [0.05, 0.1) is 18.5 Å². The topological polar surface area (TPSA) is 69.6 Å². The maximum atomic E-state index is 12.3. The minimum absolute atomic E-state index is 0.0249. The minimum Gasteiger partial charge on any atom is -0.481 e. The van der Waals surface area contributed by atoms with Crippen LogP contribution in [0.25, 0.3) is 0 Å². The number of carboxylic acid groups (broad SMARTS) is 1. The number of aliphatic carboxylic acids is 1. The maximum Gasteiger partial charge on any atom is 0.305 e. The van der Waals surface area contributed by atoms with Crippen LogP contribution in [0, 0.1) is 0 Å². The lowest BCUT2D eigenvalue weighted by atomic mass is 9.78. The molecule has 5 heteroatoms. The summed E-state index contributed by atoms with van der Waals surface area (Å²) in [5.41, 5.74) is -0.621. The van der Waals surface area contributed by atoms with Crippen molar-refractivity contribution in [1.82, 2.24) is 10.2 Å². The van der Waals surface area contributed by atoms with E-state index in [4.69, 9.17) is 5.11 Å². The molecule has 0 spiro atoms. The van der Waals surface area contributed by atoms with Gasteiger partial charge in [-0.3, -0.25) is 9.59 Å². The van der Waals surface area contributed by atoms with Gasteiger partial charge in [-0.15, -0.1) is 0 Å². The van der Waals surface area contributed by atoms with E-state index < -0.39 is 11.5 Å². The first kappa shape index (κ1) is 17.0. The number of rotatable bonds is 5. The van der Waals surface area contributed by atoms with Crippen LogP contribution in [0.2, 0.25) is 0 Å². The number of likely N-dealkylation sites (N-methyl/N-ethyl adjacent to an activating group) is 1. The molecule has 2 N–H and O–H groups in total. The zero-order valence-electron chi connectivity index (χ0n) is 13.2. The number of nitrogens with zero attached hydrogens (tertiary/aromatic N) is 1. The molecule has 0 aromatic rings. The fourth-order valence-corrected chi connectivity index (χ4v) is 2.85. The van der Waals surface area contributed by atoms with Gasteiger partial charge in [-0.1, -0.05) is 19.3 Å². The molecule has 0 aromatic carbocycles. The van der Waals surface area contributed by atoms with Crippen molar-refractivity contribution in [2.24, 2.45) is 0 Å². The van der Waals surface area contributed by atoms with Gasteiger partial charge in [0.2, 0.25) is 5.91 Å². The predicted octanol–water partition coefficient (Wildman–Crippen LogP) is 2.01. The SMILES string of the molecule is CN(C(=O)CNC(C)(C)C)C1(CC(=O)O)CCCCC1. The van der Waals surface area contributed by atoms with Crippen LogP contribution >= 0.6 is 0 Å². The summed E-state index contributed by atoms with van der Waals surface area (Å²) in [6.07, 6.45) is 4.75. The lowest BCUT2D eigenvalue weighted by molar-refractivity contribution is -0.145. The molecule has 1 rings (SSSR count). The highest BCUT2D eigenvalue weighted by atomic mass is 16.4. The molecule has 1 aliphatic carbocycles. The van der Waals surface area contributed by atoms with Gasteiger partial charge in [0.15, 0.2) is 0 Å². The van der Waals surface area contributed by atoms with Crippen molar-refractivity contribution < 1.29 is 14.7 Å². The fraction of sp³-hybridized carbons (Fsp3) is 0.867. The Morgan fingerprint density at radius 1 is 1.20 bits per heavy atom. The van der Waals surface area contributed by atoms with E-state index in [1.54, 1.807) is 11.9 Å². The smallest absolute Gasteiger partial charge is 0.305 e. The van der Waals surface area contributed by atoms with Gasteiger partial charge in [-0.05, 0) is 33.6 Å². The Morgan fingerprint density at radius 3 is 2.20 bits per heavy atom. The zero-order valence-corrected chi connectivity index (χ0v) is 13.2. The summed E-state index contributed by atoms with van der Waals surface area (Å²) >= 11 is 0. The molecule has 20 heavy (non-hydrogen) atoms. The molecule has 1 saturated carbocycles. The number of carbonyl (C=O) groups is 2. The molecule has 0 heterocycles. The van der Waals surface area contributed by atoms with Crippen molar-refractivity contribution in [1.29, 1.82) is 0 Å². The van der Waals surface area contributed by atoms with Crippen molar-refractivity contribution >= 4 is 11.9 Å². The van der Waals surface area contributed by atoms with Crippen LogP contribution in [0.15, 0.2) is 0 Å². The fourth-order valence-electron chi connectivity index (χ4n) is 2.85. The number of nitrogens with one attached hydrogen (secondary N) is 1. The lowest BCUT2D eigenvalue weighted by Crippen LogP contribution is -2.55. The first-order valence-electron chi connectivity index (χ1n) is 7.40. The summed E-state index contributed by atoms with van der Waals surface area (Å²) in [5, 5.41) is 12.3. The monoisotopic (exact) mass is 284 g/mol. The minimum atomic E-state index is -0.824. The summed E-state index contributed by atoms with van der Waals surface area (Å²) in [7, 11) is 1.75. The molecule has 1 fully saturated rings. The van der Waals surface area contributed by atoms with Crippen molar-refractivity contribution in [3.8, 4) is 0 Å². The van der Waals surface area contributed by atoms with Gasteiger partial charge in [-0.25, -0.2) is 0 Å². The highest BCUT2D eigenvalue weighted by Gasteiger charge is 2.40. The predicted molar refractivity (Wildman–Crippen MR) is 78.6 cm³/mol. The Balaban J connectivity index is 2.74. The molecule has 0 atom stereocenters. The van der Waals surface area contributed by atoms with Crippen LogP contribution in [-0.4, -0.2) is 46.6 Å².